The molecule has 6 nitrogen and oxygen atoms in total. The van der Waals surface area contributed by atoms with Crippen molar-refractivity contribution in [1.82, 2.24) is 0 Å². The molecule has 2 unspecified atom stereocenters. The fourth-order valence-electron chi connectivity index (χ4n) is 0.743. The molecule has 0 amide bonds. The van der Waals surface area contributed by atoms with E-state index in [0.717, 1.165) is 0 Å². The van der Waals surface area contributed by atoms with Gasteiger partial charge in [-0.25, -0.2) is 13.1 Å². The van der Waals surface area contributed by atoms with Gasteiger partial charge in [-0.2, -0.15) is 21.0 Å². The second kappa shape index (κ2) is 13.9. The van der Waals surface area contributed by atoms with Gasteiger partial charge in [0.1, 0.15) is 11.8 Å². The molecule has 0 saturated carbocycles. The fraction of sp³-hybridized carbons (Fsp3) is 0.500. The lowest BCUT2D eigenvalue weighted by Crippen LogP contribution is -1.97. The van der Waals surface area contributed by atoms with Gasteiger partial charge in [-0.3, -0.25) is 0 Å². The number of nitriles is 4. The molecule has 0 aromatic heterocycles. The van der Waals surface area contributed by atoms with E-state index in [1.54, 1.807) is 0 Å². The minimum Gasteiger partial charge on any atom is -0.315 e. The molecule has 0 rings (SSSR count). The van der Waals surface area contributed by atoms with Crippen LogP contribution in [-0.2, 0) is 0 Å². The maximum absolute atomic E-state index is 8.24. The summed E-state index contributed by atoms with van der Waals surface area (Å²) >= 11 is 0. The highest BCUT2D eigenvalue weighted by Crippen LogP contribution is 1.99. The second-order valence-electron chi connectivity index (χ2n) is 3.06. The van der Waals surface area contributed by atoms with Crippen molar-refractivity contribution in [2.45, 2.75) is 12.8 Å². The number of hydrogen-bond acceptors (Lipinski definition) is 4. The fourth-order valence-corrected chi connectivity index (χ4v) is 0.743. The van der Waals surface area contributed by atoms with Gasteiger partial charge < -0.3 is 9.69 Å². The van der Waals surface area contributed by atoms with E-state index in [1.165, 1.54) is 0 Å². The summed E-state index contributed by atoms with van der Waals surface area (Å²) in [4.78, 5) is 6.00. The number of nitrogens with zero attached hydrogens (tertiary/aromatic N) is 6. The first-order valence-electron chi connectivity index (χ1n) is 4.89. The minimum atomic E-state index is -0.396. The summed E-state index contributed by atoms with van der Waals surface area (Å²) in [7, 11) is 0. The zero-order valence-electron chi connectivity index (χ0n) is 9.67. The van der Waals surface area contributed by atoms with Gasteiger partial charge in [-0.05, 0) is 0 Å². The lowest BCUT2D eigenvalue weighted by atomic mass is 10.1. The Kier molecular flexibility index (Phi) is 13.4. The summed E-state index contributed by atoms with van der Waals surface area (Å²) in [5.41, 5.74) is 0. The van der Waals surface area contributed by atoms with Crippen molar-refractivity contribution in [3.05, 3.63) is 22.8 Å². The molecule has 88 valence electrons. The maximum Gasteiger partial charge on any atom is 0.231 e. The number of rotatable bonds is 4. The summed E-state index contributed by atoms with van der Waals surface area (Å²) in [5, 5.41) is 32.7. The van der Waals surface area contributed by atoms with E-state index in [1.807, 2.05) is 24.3 Å². The predicted octanol–water partition coefficient (Wildman–Crippen LogP) is 1.92. The number of hydrogen-bond donors (Lipinski definition) is 0. The Morgan fingerprint density at radius 1 is 0.778 bits per heavy atom. The molecule has 0 aliphatic rings. The summed E-state index contributed by atoms with van der Waals surface area (Å²) in [6.45, 7) is 13.0. The molecule has 0 aromatic carbocycles. The first kappa shape index (κ1) is 17.3. The van der Waals surface area contributed by atoms with Gasteiger partial charge in [0, 0.05) is 0 Å². The standard InChI is InChI=1S/2C6H5N3/c2*1-9-5-6(4-8)2-3-7/h2*6H,2,5H2. The van der Waals surface area contributed by atoms with Crippen LogP contribution >= 0.6 is 0 Å². The van der Waals surface area contributed by atoms with Crippen LogP contribution in [0.15, 0.2) is 0 Å². The molecule has 0 fully saturated rings. The highest BCUT2D eigenvalue weighted by atomic mass is 14.6. The van der Waals surface area contributed by atoms with Crippen LogP contribution in [0.2, 0.25) is 0 Å². The van der Waals surface area contributed by atoms with Crippen LogP contribution in [0.5, 0.6) is 0 Å². The molecular weight excluding hydrogens is 228 g/mol. The molecule has 0 aliphatic heterocycles. The predicted molar refractivity (Wildman–Crippen MR) is 61.6 cm³/mol. The Morgan fingerprint density at radius 3 is 1.28 bits per heavy atom. The van der Waals surface area contributed by atoms with Gasteiger partial charge in [-0.1, -0.05) is 0 Å². The Hall–Kier alpha value is -3.06. The van der Waals surface area contributed by atoms with Gasteiger partial charge in [0.25, 0.3) is 0 Å². The Labute approximate surface area is 107 Å². The Bertz CT molecular complexity index is 390. The molecular formula is C12H10N6. The van der Waals surface area contributed by atoms with E-state index in [0.29, 0.717) is 0 Å². The quantitative estimate of drug-likeness (QED) is 0.697. The average molecular weight is 238 g/mol. The van der Waals surface area contributed by atoms with Crippen LogP contribution < -0.4 is 0 Å². The van der Waals surface area contributed by atoms with Gasteiger partial charge in [0.05, 0.1) is 37.1 Å². The van der Waals surface area contributed by atoms with Crippen LogP contribution in [0.1, 0.15) is 12.8 Å². The topological polar surface area (TPSA) is 104 Å². The minimum absolute atomic E-state index is 0.143. The van der Waals surface area contributed by atoms with Crippen LogP contribution in [-0.4, -0.2) is 13.1 Å². The van der Waals surface area contributed by atoms with Crippen molar-refractivity contribution in [3.63, 3.8) is 0 Å². The Morgan fingerprint density at radius 2 is 1.11 bits per heavy atom. The third-order valence-electron chi connectivity index (χ3n) is 1.66. The van der Waals surface area contributed by atoms with E-state index in [2.05, 4.69) is 9.69 Å². The summed E-state index contributed by atoms with van der Waals surface area (Å²) in [6, 6.07) is 7.41. The van der Waals surface area contributed by atoms with Gasteiger partial charge in [-0.15, -0.1) is 0 Å². The molecule has 0 aliphatic carbocycles. The smallest absolute Gasteiger partial charge is 0.231 e. The Balaban J connectivity index is 0. The van der Waals surface area contributed by atoms with Gasteiger partial charge in [0.2, 0.25) is 13.1 Å². The normalized spacial score (nSPS) is 10.3. The lowest BCUT2D eigenvalue weighted by Gasteiger charge is -1.88. The first-order valence-corrected chi connectivity index (χ1v) is 4.89. The molecule has 0 saturated heterocycles. The van der Waals surface area contributed by atoms with Gasteiger partial charge >= 0.3 is 0 Å². The average Bonchev–Trinajstić information content (AvgIpc) is 2.39. The monoisotopic (exact) mass is 238 g/mol. The van der Waals surface area contributed by atoms with Gasteiger partial charge in [0.15, 0.2) is 0 Å². The van der Waals surface area contributed by atoms with Crippen LogP contribution in [0, 0.1) is 70.3 Å². The molecule has 6 heteroatoms. The van der Waals surface area contributed by atoms with Crippen molar-refractivity contribution in [3.8, 4) is 24.3 Å². The van der Waals surface area contributed by atoms with E-state index in [9.17, 15) is 0 Å². The second-order valence-corrected chi connectivity index (χ2v) is 3.06. The third-order valence-corrected chi connectivity index (χ3v) is 1.66. The van der Waals surface area contributed by atoms with E-state index in [4.69, 9.17) is 34.2 Å². The molecule has 0 radical (unpaired) electrons. The maximum atomic E-state index is 8.24. The largest absolute Gasteiger partial charge is 0.315 e. The van der Waals surface area contributed by atoms with Crippen molar-refractivity contribution in [2.24, 2.45) is 11.8 Å². The summed E-state index contributed by atoms with van der Waals surface area (Å²) in [5.74, 6) is -0.792. The molecule has 0 aromatic rings. The summed E-state index contributed by atoms with van der Waals surface area (Å²) in [6.07, 6.45) is 0.331. The van der Waals surface area contributed by atoms with Crippen LogP contribution in [0.3, 0.4) is 0 Å². The molecule has 0 heterocycles. The van der Waals surface area contributed by atoms with Crippen molar-refractivity contribution in [2.75, 3.05) is 13.1 Å². The molecule has 18 heavy (non-hydrogen) atoms. The molecule has 0 bridgehead atoms. The highest BCUT2D eigenvalue weighted by molar-refractivity contribution is 4.94. The van der Waals surface area contributed by atoms with Crippen molar-refractivity contribution in [1.29, 1.82) is 21.0 Å². The molecule has 2 atom stereocenters. The molecule has 0 N–H and O–H groups in total. The highest BCUT2D eigenvalue weighted by Gasteiger charge is 2.08. The van der Waals surface area contributed by atoms with Crippen LogP contribution in [0.4, 0.5) is 0 Å². The van der Waals surface area contributed by atoms with Crippen molar-refractivity contribution < 1.29 is 0 Å². The molecule has 0 spiro atoms. The van der Waals surface area contributed by atoms with Crippen molar-refractivity contribution >= 4 is 0 Å². The summed E-state index contributed by atoms with van der Waals surface area (Å²) < 4.78 is 0. The van der Waals surface area contributed by atoms with E-state index in [-0.39, 0.29) is 25.9 Å². The third kappa shape index (κ3) is 11.0. The van der Waals surface area contributed by atoms with E-state index < -0.39 is 11.8 Å². The van der Waals surface area contributed by atoms with E-state index >= 15 is 0 Å². The zero-order chi connectivity index (χ0) is 14.2. The first-order chi connectivity index (χ1) is 8.69. The lowest BCUT2D eigenvalue weighted by molar-refractivity contribution is 0.743. The zero-order valence-corrected chi connectivity index (χ0v) is 9.67. The van der Waals surface area contributed by atoms with Crippen LogP contribution in [0.25, 0.3) is 9.69 Å². The SMILES string of the molecule is [C-]#[N+]CC(C#N)CC#N.[C-]#[N+]CC(C#N)CC#N.